The number of likely N-dealkylation sites (tertiary alicyclic amines) is 1. The zero-order chi connectivity index (χ0) is 14.8. The first-order chi connectivity index (χ1) is 9.38. The van der Waals surface area contributed by atoms with Gasteiger partial charge in [-0.25, -0.2) is 13.1 Å². The maximum atomic E-state index is 12.3. The number of anilines is 1. The Morgan fingerprint density at radius 2 is 2.05 bits per heavy atom. The maximum absolute atomic E-state index is 12.3. The van der Waals surface area contributed by atoms with Crippen LogP contribution in [0.5, 0.6) is 0 Å². The minimum atomic E-state index is -3.52. The number of nitrogens with zero attached hydrogens (tertiary/aromatic N) is 1. The number of piperidine rings is 1. The fourth-order valence-electron chi connectivity index (χ4n) is 2.30. The monoisotopic (exact) mass is 361 g/mol. The molecule has 1 aliphatic heterocycles. The van der Waals surface area contributed by atoms with Crippen LogP contribution in [0.1, 0.15) is 12.8 Å². The predicted octanol–water partition coefficient (Wildman–Crippen LogP) is 1.65. The second kappa shape index (κ2) is 6.43. The largest absolute Gasteiger partial charge is 0.399 e. The van der Waals surface area contributed by atoms with Gasteiger partial charge < -0.3 is 10.6 Å². The Morgan fingerprint density at radius 1 is 1.40 bits per heavy atom. The van der Waals surface area contributed by atoms with E-state index in [1.54, 1.807) is 12.1 Å². The van der Waals surface area contributed by atoms with Crippen molar-refractivity contribution in [2.24, 2.45) is 5.92 Å². The summed E-state index contributed by atoms with van der Waals surface area (Å²) < 4.78 is 27.8. The molecular formula is C13H20BrN3O2S. The molecule has 0 spiro atoms. The molecule has 3 N–H and O–H groups in total. The highest BCUT2D eigenvalue weighted by Crippen LogP contribution is 2.24. The van der Waals surface area contributed by atoms with E-state index in [1.165, 1.54) is 6.07 Å². The Hall–Kier alpha value is -0.630. The van der Waals surface area contributed by atoms with Crippen molar-refractivity contribution in [2.75, 3.05) is 32.4 Å². The molecule has 0 bridgehead atoms. The van der Waals surface area contributed by atoms with E-state index in [-0.39, 0.29) is 4.90 Å². The average Bonchev–Trinajstić information content (AvgIpc) is 2.41. The number of nitrogens with one attached hydrogen (secondary N) is 1. The number of hydrogen-bond acceptors (Lipinski definition) is 4. The molecule has 1 aromatic rings. The van der Waals surface area contributed by atoms with Gasteiger partial charge in [0.05, 0.1) is 4.90 Å². The summed E-state index contributed by atoms with van der Waals surface area (Å²) >= 11 is 3.26. The van der Waals surface area contributed by atoms with E-state index in [2.05, 4.69) is 32.6 Å². The van der Waals surface area contributed by atoms with Crippen molar-refractivity contribution in [3.8, 4) is 0 Å². The molecule has 1 aromatic carbocycles. The van der Waals surface area contributed by atoms with E-state index in [0.29, 0.717) is 22.6 Å². The minimum Gasteiger partial charge on any atom is -0.399 e. The summed E-state index contributed by atoms with van der Waals surface area (Å²) in [6, 6.07) is 4.79. The number of hydrogen-bond donors (Lipinski definition) is 2. The Balaban J connectivity index is 2.02. The first-order valence-corrected chi connectivity index (χ1v) is 8.89. The second-order valence-corrected chi connectivity index (χ2v) is 7.88. The van der Waals surface area contributed by atoms with Crippen molar-refractivity contribution in [1.29, 1.82) is 0 Å². The van der Waals surface area contributed by atoms with Crippen molar-refractivity contribution in [3.63, 3.8) is 0 Å². The van der Waals surface area contributed by atoms with Gasteiger partial charge in [0, 0.05) is 16.7 Å². The minimum absolute atomic E-state index is 0.199. The lowest BCUT2D eigenvalue weighted by atomic mass is 9.98. The molecule has 1 fully saturated rings. The standard InChI is InChI=1S/C13H20BrN3O2S/c1-17-6-4-10(5-7-17)9-16-20(18,19)13-8-11(15)2-3-12(13)14/h2-3,8,10,16H,4-7,9,15H2,1H3. The molecule has 5 nitrogen and oxygen atoms in total. The van der Waals surface area contributed by atoms with Gasteiger partial charge >= 0.3 is 0 Å². The Bertz CT molecular complexity index is 569. The first-order valence-electron chi connectivity index (χ1n) is 6.62. The molecule has 0 atom stereocenters. The van der Waals surface area contributed by atoms with Gasteiger partial charge in [0.2, 0.25) is 10.0 Å². The van der Waals surface area contributed by atoms with Crippen LogP contribution in [0.15, 0.2) is 27.6 Å². The molecule has 112 valence electrons. The number of sulfonamides is 1. The molecule has 7 heteroatoms. The summed E-state index contributed by atoms with van der Waals surface area (Å²) in [7, 11) is -1.43. The quantitative estimate of drug-likeness (QED) is 0.799. The molecule has 0 aromatic heterocycles. The third-order valence-corrected chi connectivity index (χ3v) is 6.06. The fourth-order valence-corrected chi connectivity index (χ4v) is 4.41. The van der Waals surface area contributed by atoms with Crippen molar-refractivity contribution >= 4 is 31.6 Å². The average molecular weight is 362 g/mol. The van der Waals surface area contributed by atoms with E-state index in [9.17, 15) is 8.42 Å². The van der Waals surface area contributed by atoms with Crippen LogP contribution in [0.4, 0.5) is 5.69 Å². The van der Waals surface area contributed by atoms with Crippen LogP contribution in [-0.4, -0.2) is 40.0 Å². The Labute approximate surface area is 128 Å². The van der Waals surface area contributed by atoms with E-state index in [0.717, 1.165) is 25.9 Å². The SMILES string of the molecule is CN1CCC(CNS(=O)(=O)c2cc(N)ccc2Br)CC1. The molecule has 1 aliphatic rings. The number of nitrogen functional groups attached to an aromatic ring is 1. The summed E-state index contributed by atoms with van der Waals surface area (Å²) in [5.74, 6) is 0.404. The molecule has 1 saturated heterocycles. The maximum Gasteiger partial charge on any atom is 0.241 e. The zero-order valence-electron chi connectivity index (χ0n) is 11.5. The number of nitrogens with two attached hydrogens (primary N) is 1. The van der Waals surface area contributed by atoms with Crippen LogP contribution in [0.3, 0.4) is 0 Å². The van der Waals surface area contributed by atoms with Gasteiger partial charge in [0.25, 0.3) is 0 Å². The number of benzene rings is 1. The van der Waals surface area contributed by atoms with Crippen molar-refractivity contribution in [2.45, 2.75) is 17.7 Å². The molecule has 0 unspecified atom stereocenters. The van der Waals surface area contributed by atoms with Gasteiger partial charge in [-0.3, -0.25) is 0 Å². The van der Waals surface area contributed by atoms with E-state index in [4.69, 9.17) is 5.73 Å². The summed E-state index contributed by atoms with van der Waals surface area (Å²) in [6.07, 6.45) is 2.05. The summed E-state index contributed by atoms with van der Waals surface area (Å²) in [4.78, 5) is 2.46. The van der Waals surface area contributed by atoms with Gasteiger partial charge in [-0.15, -0.1) is 0 Å². The predicted molar refractivity (Wildman–Crippen MR) is 84.0 cm³/mol. The van der Waals surface area contributed by atoms with Gasteiger partial charge in [0.15, 0.2) is 0 Å². The summed E-state index contributed by atoms with van der Waals surface area (Å²) in [6.45, 7) is 2.53. The molecule has 0 radical (unpaired) electrons. The second-order valence-electron chi connectivity index (χ2n) is 5.29. The topological polar surface area (TPSA) is 75.4 Å². The van der Waals surface area contributed by atoms with Crippen LogP contribution in [0.25, 0.3) is 0 Å². The van der Waals surface area contributed by atoms with Gasteiger partial charge in [0.1, 0.15) is 0 Å². The highest BCUT2D eigenvalue weighted by atomic mass is 79.9. The molecule has 1 heterocycles. The molecule has 2 rings (SSSR count). The smallest absolute Gasteiger partial charge is 0.241 e. The third-order valence-electron chi connectivity index (χ3n) is 3.64. The van der Waals surface area contributed by atoms with Gasteiger partial charge in [-0.2, -0.15) is 0 Å². The molecular weight excluding hydrogens is 342 g/mol. The molecule has 0 aliphatic carbocycles. The lowest BCUT2D eigenvalue weighted by Gasteiger charge is -2.28. The summed E-state index contributed by atoms with van der Waals surface area (Å²) in [5.41, 5.74) is 6.10. The van der Waals surface area contributed by atoms with E-state index in [1.807, 2.05) is 0 Å². The molecule has 0 amide bonds. The normalized spacial score (nSPS) is 18.3. The first kappa shape index (κ1) is 15.8. The van der Waals surface area contributed by atoms with Crippen molar-refractivity contribution in [3.05, 3.63) is 22.7 Å². The van der Waals surface area contributed by atoms with Gasteiger partial charge in [-0.1, -0.05) is 0 Å². The van der Waals surface area contributed by atoms with E-state index < -0.39 is 10.0 Å². The zero-order valence-corrected chi connectivity index (χ0v) is 13.9. The molecule has 0 saturated carbocycles. The van der Waals surface area contributed by atoms with Crippen molar-refractivity contribution in [1.82, 2.24) is 9.62 Å². The third kappa shape index (κ3) is 3.94. The highest BCUT2D eigenvalue weighted by molar-refractivity contribution is 9.10. The van der Waals surface area contributed by atoms with Crippen LogP contribution >= 0.6 is 15.9 Å². The molecule has 20 heavy (non-hydrogen) atoms. The lowest BCUT2D eigenvalue weighted by molar-refractivity contribution is 0.220. The Morgan fingerprint density at radius 3 is 2.70 bits per heavy atom. The highest BCUT2D eigenvalue weighted by Gasteiger charge is 2.22. The number of halogens is 1. The van der Waals surface area contributed by atoms with Crippen LogP contribution in [0, 0.1) is 5.92 Å². The van der Waals surface area contributed by atoms with Crippen molar-refractivity contribution < 1.29 is 8.42 Å². The van der Waals surface area contributed by atoms with Crippen LogP contribution in [-0.2, 0) is 10.0 Å². The fraction of sp³-hybridized carbons (Fsp3) is 0.538. The van der Waals surface area contributed by atoms with Crippen LogP contribution < -0.4 is 10.5 Å². The van der Waals surface area contributed by atoms with E-state index >= 15 is 0 Å². The number of rotatable bonds is 4. The van der Waals surface area contributed by atoms with Gasteiger partial charge in [-0.05, 0) is 73.0 Å². The lowest BCUT2D eigenvalue weighted by Crippen LogP contribution is -2.36. The Kier molecular flexibility index (Phi) is 5.06. The summed E-state index contributed by atoms with van der Waals surface area (Å²) in [5, 5.41) is 0. The van der Waals surface area contributed by atoms with Crippen LogP contribution in [0.2, 0.25) is 0 Å².